The van der Waals surface area contributed by atoms with Crippen molar-refractivity contribution in [3.05, 3.63) is 53.1 Å². The third-order valence-electron chi connectivity index (χ3n) is 2.86. The highest BCUT2D eigenvalue weighted by Gasteiger charge is 2.14. The van der Waals surface area contributed by atoms with E-state index in [4.69, 9.17) is 31.5 Å². The Hall–Kier alpha value is -2.40. The van der Waals surface area contributed by atoms with E-state index in [-0.39, 0.29) is 18.8 Å². The highest BCUT2D eigenvalue weighted by atomic mass is 35.5. The van der Waals surface area contributed by atoms with Crippen LogP contribution >= 0.6 is 11.6 Å². The summed E-state index contributed by atoms with van der Waals surface area (Å²) in [5, 5.41) is 0.596. The molecule has 2 aromatic carbocycles. The third-order valence-corrected chi connectivity index (χ3v) is 3.09. The highest BCUT2D eigenvalue weighted by molar-refractivity contribution is 6.30. The molecule has 2 aromatic rings. The summed E-state index contributed by atoms with van der Waals surface area (Å²) in [4.78, 5) is 11.4. The van der Waals surface area contributed by atoms with E-state index in [1.165, 1.54) is 7.11 Å². The molecule has 0 aromatic heterocycles. The molecule has 0 bridgehead atoms. The zero-order valence-electron chi connectivity index (χ0n) is 12.0. The number of rotatable bonds is 7. The van der Waals surface area contributed by atoms with Crippen molar-refractivity contribution in [1.82, 2.24) is 0 Å². The normalized spacial score (nSPS) is 10.1. The molecule has 0 unspecified atom stereocenters. The van der Waals surface area contributed by atoms with Gasteiger partial charge in [0.05, 0.1) is 12.7 Å². The molecule has 0 aliphatic rings. The van der Waals surface area contributed by atoms with Gasteiger partial charge in [0, 0.05) is 5.02 Å². The Labute approximate surface area is 133 Å². The standard InChI is InChI=1S/C16H16ClNO4/c1-20-14-7-3-6-13(16(18)19)15(14)22-9-8-21-12-5-2-4-11(17)10-12/h2-7,10H,8-9H2,1H3,(H2,18,19). The van der Waals surface area contributed by atoms with Crippen LogP contribution in [0, 0.1) is 0 Å². The summed E-state index contributed by atoms with van der Waals surface area (Å²) < 4.78 is 16.3. The fraction of sp³-hybridized carbons (Fsp3) is 0.188. The molecular weight excluding hydrogens is 306 g/mol. The first-order valence-electron chi connectivity index (χ1n) is 6.60. The first-order chi connectivity index (χ1) is 10.6. The van der Waals surface area contributed by atoms with Gasteiger partial charge in [0.2, 0.25) is 0 Å². The maximum Gasteiger partial charge on any atom is 0.252 e. The second-order valence-corrected chi connectivity index (χ2v) is 4.79. The second-order valence-electron chi connectivity index (χ2n) is 4.36. The Kier molecular flexibility index (Phi) is 5.49. The van der Waals surface area contributed by atoms with Gasteiger partial charge in [0.15, 0.2) is 11.5 Å². The van der Waals surface area contributed by atoms with Gasteiger partial charge in [-0.1, -0.05) is 23.7 Å². The van der Waals surface area contributed by atoms with E-state index in [0.29, 0.717) is 22.3 Å². The van der Waals surface area contributed by atoms with Gasteiger partial charge in [-0.25, -0.2) is 0 Å². The molecular formula is C16H16ClNO4. The summed E-state index contributed by atoms with van der Waals surface area (Å²) in [6.45, 7) is 0.518. The first kappa shape index (κ1) is 16.0. The molecule has 2 rings (SSSR count). The van der Waals surface area contributed by atoms with Crippen LogP contribution in [0.5, 0.6) is 17.2 Å². The SMILES string of the molecule is COc1cccc(C(N)=O)c1OCCOc1cccc(Cl)c1. The van der Waals surface area contributed by atoms with Crippen molar-refractivity contribution in [1.29, 1.82) is 0 Å². The van der Waals surface area contributed by atoms with Crippen molar-refractivity contribution in [2.24, 2.45) is 5.73 Å². The fourth-order valence-electron chi connectivity index (χ4n) is 1.88. The lowest BCUT2D eigenvalue weighted by Gasteiger charge is -2.14. The van der Waals surface area contributed by atoms with Crippen LogP contribution in [0.25, 0.3) is 0 Å². The molecule has 0 aliphatic heterocycles. The van der Waals surface area contributed by atoms with E-state index in [1.807, 2.05) is 0 Å². The van der Waals surface area contributed by atoms with Crippen LogP contribution in [0.2, 0.25) is 5.02 Å². The van der Waals surface area contributed by atoms with Gasteiger partial charge in [-0.2, -0.15) is 0 Å². The number of amides is 1. The van der Waals surface area contributed by atoms with Gasteiger partial charge < -0.3 is 19.9 Å². The second kappa shape index (κ2) is 7.56. The molecule has 116 valence electrons. The van der Waals surface area contributed by atoms with Gasteiger partial charge in [0.25, 0.3) is 5.91 Å². The zero-order valence-corrected chi connectivity index (χ0v) is 12.8. The molecule has 0 atom stereocenters. The summed E-state index contributed by atoms with van der Waals surface area (Å²) in [6, 6.07) is 12.0. The van der Waals surface area contributed by atoms with Crippen LogP contribution in [-0.2, 0) is 0 Å². The summed E-state index contributed by atoms with van der Waals surface area (Å²) >= 11 is 5.87. The van der Waals surface area contributed by atoms with Crippen molar-refractivity contribution in [2.75, 3.05) is 20.3 Å². The van der Waals surface area contributed by atoms with Crippen molar-refractivity contribution in [2.45, 2.75) is 0 Å². The van der Waals surface area contributed by atoms with Gasteiger partial charge >= 0.3 is 0 Å². The molecule has 0 aliphatic carbocycles. The maximum absolute atomic E-state index is 11.4. The van der Waals surface area contributed by atoms with Crippen LogP contribution in [0.4, 0.5) is 0 Å². The number of nitrogens with two attached hydrogens (primary N) is 1. The molecule has 0 heterocycles. The number of primary amides is 1. The Morgan fingerprint density at radius 3 is 2.55 bits per heavy atom. The molecule has 5 nitrogen and oxygen atoms in total. The summed E-state index contributed by atoms with van der Waals surface area (Å²) in [5.41, 5.74) is 5.60. The van der Waals surface area contributed by atoms with Crippen LogP contribution in [0.3, 0.4) is 0 Å². The van der Waals surface area contributed by atoms with E-state index in [1.54, 1.807) is 42.5 Å². The lowest BCUT2D eigenvalue weighted by Crippen LogP contribution is -2.16. The van der Waals surface area contributed by atoms with Crippen molar-refractivity contribution in [3.63, 3.8) is 0 Å². The first-order valence-corrected chi connectivity index (χ1v) is 6.97. The average molecular weight is 322 g/mol. The van der Waals surface area contributed by atoms with Crippen molar-refractivity contribution < 1.29 is 19.0 Å². The van der Waals surface area contributed by atoms with Gasteiger partial charge in [-0.05, 0) is 30.3 Å². The Balaban J connectivity index is 1.98. The molecule has 2 N–H and O–H groups in total. The van der Waals surface area contributed by atoms with E-state index >= 15 is 0 Å². The van der Waals surface area contributed by atoms with Crippen LogP contribution in [0.15, 0.2) is 42.5 Å². The number of ether oxygens (including phenoxy) is 3. The minimum atomic E-state index is -0.579. The van der Waals surface area contributed by atoms with E-state index in [9.17, 15) is 4.79 Å². The molecule has 0 radical (unpaired) electrons. The van der Waals surface area contributed by atoms with E-state index in [0.717, 1.165) is 0 Å². The summed E-state index contributed by atoms with van der Waals surface area (Å²) in [5.74, 6) is 0.821. The zero-order chi connectivity index (χ0) is 15.9. The van der Waals surface area contributed by atoms with E-state index in [2.05, 4.69) is 0 Å². The lowest BCUT2D eigenvalue weighted by molar-refractivity contribution is 0.0994. The number of halogens is 1. The Bertz CT molecular complexity index is 660. The molecule has 22 heavy (non-hydrogen) atoms. The predicted molar refractivity (Wildman–Crippen MR) is 84.0 cm³/mol. The minimum Gasteiger partial charge on any atom is -0.493 e. The number of para-hydroxylation sites is 1. The highest BCUT2D eigenvalue weighted by Crippen LogP contribution is 2.30. The number of carbonyl (C=O) groups is 1. The predicted octanol–water partition coefficient (Wildman–Crippen LogP) is 2.91. The maximum atomic E-state index is 11.4. The lowest BCUT2D eigenvalue weighted by atomic mass is 10.2. The van der Waals surface area contributed by atoms with Crippen LogP contribution in [-0.4, -0.2) is 26.2 Å². The largest absolute Gasteiger partial charge is 0.493 e. The number of hydrogen-bond donors (Lipinski definition) is 1. The quantitative estimate of drug-likeness (QED) is 0.796. The third kappa shape index (κ3) is 4.05. The summed E-state index contributed by atoms with van der Waals surface area (Å²) in [7, 11) is 1.50. The monoisotopic (exact) mass is 321 g/mol. The van der Waals surface area contributed by atoms with Gasteiger partial charge in [0.1, 0.15) is 19.0 Å². The molecule has 0 saturated carbocycles. The number of methoxy groups -OCH3 is 1. The molecule has 0 spiro atoms. The number of carbonyl (C=O) groups excluding carboxylic acids is 1. The number of benzene rings is 2. The van der Waals surface area contributed by atoms with Gasteiger partial charge in [-0.3, -0.25) is 4.79 Å². The fourth-order valence-corrected chi connectivity index (χ4v) is 2.06. The van der Waals surface area contributed by atoms with Crippen molar-refractivity contribution >= 4 is 17.5 Å². The van der Waals surface area contributed by atoms with Crippen molar-refractivity contribution in [3.8, 4) is 17.2 Å². The van der Waals surface area contributed by atoms with Crippen LogP contribution in [0.1, 0.15) is 10.4 Å². The van der Waals surface area contributed by atoms with E-state index < -0.39 is 5.91 Å². The topological polar surface area (TPSA) is 70.8 Å². The Morgan fingerprint density at radius 2 is 1.86 bits per heavy atom. The van der Waals surface area contributed by atoms with Gasteiger partial charge in [-0.15, -0.1) is 0 Å². The minimum absolute atomic E-state index is 0.229. The number of hydrogen-bond acceptors (Lipinski definition) is 4. The molecule has 0 saturated heterocycles. The molecule has 0 fully saturated rings. The average Bonchev–Trinajstić information content (AvgIpc) is 2.51. The smallest absolute Gasteiger partial charge is 0.252 e. The summed E-state index contributed by atoms with van der Waals surface area (Å²) in [6.07, 6.45) is 0. The van der Waals surface area contributed by atoms with Crippen LogP contribution < -0.4 is 19.9 Å². The Morgan fingerprint density at radius 1 is 1.14 bits per heavy atom. The molecule has 6 heteroatoms. The molecule has 1 amide bonds.